The lowest BCUT2D eigenvalue weighted by Crippen LogP contribution is -2.44. The lowest BCUT2D eigenvalue weighted by Gasteiger charge is -2.40. The molecular weight excluding hydrogens is 753 g/mol. The van der Waals surface area contributed by atoms with Gasteiger partial charge in [0.25, 0.3) is 0 Å². The number of aromatic nitrogens is 4. The van der Waals surface area contributed by atoms with E-state index in [1.54, 1.807) is 24.8 Å². The molecule has 2 unspecified atom stereocenters. The van der Waals surface area contributed by atoms with Crippen LogP contribution in [0.1, 0.15) is 104 Å². The third-order valence-corrected chi connectivity index (χ3v) is 11.6. The van der Waals surface area contributed by atoms with Crippen LogP contribution in [-0.2, 0) is 30.7 Å². The van der Waals surface area contributed by atoms with Crippen molar-refractivity contribution in [3.05, 3.63) is 95.8 Å². The summed E-state index contributed by atoms with van der Waals surface area (Å²) in [7, 11) is 0. The standard InChI is InChI=1S/C49H68N6O5/c1-9-57-43-17-13-11-15-37(43)31-39(35-19-27-54(28-20-35)33-41-46(52-25-23-50-41)59-48(3,4)5)45(56)40(32-38-16-12-14-18-44(38)58-10-2)36-21-29-55(30-22-36)34-42-47(53-26-24-51-42)60-49(6,7)8/h11-18,23-26,35-36,39-40H,9-10,19-22,27-34H2,1-8H3. The Hall–Kier alpha value is -4.61. The number of benzene rings is 2. The van der Waals surface area contributed by atoms with Crippen LogP contribution in [0.25, 0.3) is 0 Å². The van der Waals surface area contributed by atoms with Gasteiger partial charge < -0.3 is 18.9 Å². The summed E-state index contributed by atoms with van der Waals surface area (Å²) in [6.07, 6.45) is 11.8. The molecule has 0 N–H and O–H groups in total. The number of likely N-dealkylation sites (tertiary alicyclic amines) is 2. The number of carbonyl (C=O) groups is 1. The zero-order valence-electron chi connectivity index (χ0n) is 37.4. The highest BCUT2D eigenvalue weighted by Gasteiger charge is 2.40. The minimum absolute atomic E-state index is 0.163. The van der Waals surface area contributed by atoms with E-state index in [2.05, 4.69) is 54.0 Å². The summed E-state index contributed by atoms with van der Waals surface area (Å²) in [4.78, 5) is 39.0. The molecule has 2 saturated heterocycles. The maximum absolute atomic E-state index is 15.7. The number of rotatable bonds is 18. The van der Waals surface area contributed by atoms with Crippen molar-refractivity contribution in [1.82, 2.24) is 29.7 Å². The smallest absolute Gasteiger partial charge is 0.237 e. The highest BCUT2D eigenvalue weighted by molar-refractivity contribution is 5.85. The van der Waals surface area contributed by atoms with Crippen molar-refractivity contribution in [3.63, 3.8) is 0 Å². The molecule has 0 bridgehead atoms. The summed E-state index contributed by atoms with van der Waals surface area (Å²) >= 11 is 0. The molecule has 2 aliphatic rings. The fourth-order valence-corrected chi connectivity index (χ4v) is 8.81. The quantitative estimate of drug-likeness (QED) is 0.0960. The molecule has 4 heterocycles. The Labute approximate surface area is 358 Å². The monoisotopic (exact) mass is 821 g/mol. The van der Waals surface area contributed by atoms with Gasteiger partial charge in [-0.05, 0) is 155 Å². The van der Waals surface area contributed by atoms with Crippen molar-refractivity contribution in [2.45, 2.75) is 118 Å². The van der Waals surface area contributed by atoms with Crippen molar-refractivity contribution < 1.29 is 23.7 Å². The van der Waals surface area contributed by atoms with Crippen LogP contribution in [0.2, 0.25) is 0 Å². The van der Waals surface area contributed by atoms with Gasteiger partial charge in [-0.3, -0.25) is 24.6 Å². The summed E-state index contributed by atoms with van der Waals surface area (Å²) in [6, 6.07) is 16.6. The van der Waals surface area contributed by atoms with Gasteiger partial charge in [-0.2, -0.15) is 0 Å². The number of hydrogen-bond acceptors (Lipinski definition) is 11. The zero-order chi connectivity index (χ0) is 42.7. The van der Waals surface area contributed by atoms with Gasteiger partial charge in [0, 0.05) is 49.7 Å². The molecule has 2 aromatic carbocycles. The Bertz CT molecular complexity index is 1820. The molecule has 11 nitrogen and oxygen atoms in total. The van der Waals surface area contributed by atoms with Gasteiger partial charge in [-0.1, -0.05) is 36.4 Å². The maximum atomic E-state index is 15.7. The van der Waals surface area contributed by atoms with Crippen LogP contribution in [0.5, 0.6) is 23.3 Å². The molecule has 0 aliphatic carbocycles. The predicted octanol–water partition coefficient (Wildman–Crippen LogP) is 8.83. The molecule has 2 atom stereocenters. The third kappa shape index (κ3) is 12.7. The molecule has 324 valence electrons. The van der Waals surface area contributed by atoms with Crippen LogP contribution >= 0.6 is 0 Å². The molecule has 4 aromatic rings. The van der Waals surface area contributed by atoms with Gasteiger partial charge in [-0.25, -0.2) is 9.97 Å². The normalized spacial score (nSPS) is 17.2. The summed E-state index contributed by atoms with van der Waals surface area (Å²) in [5, 5.41) is 0. The molecule has 2 aliphatic heterocycles. The summed E-state index contributed by atoms with van der Waals surface area (Å²) in [5.41, 5.74) is 3.15. The van der Waals surface area contributed by atoms with Crippen molar-refractivity contribution in [2.75, 3.05) is 39.4 Å². The minimum Gasteiger partial charge on any atom is -0.494 e. The Morgan fingerprint density at radius 2 is 0.967 bits per heavy atom. The first-order valence-corrected chi connectivity index (χ1v) is 22.2. The Balaban J connectivity index is 1.25. The van der Waals surface area contributed by atoms with E-state index in [0.29, 0.717) is 56.7 Å². The lowest BCUT2D eigenvalue weighted by molar-refractivity contribution is -0.131. The largest absolute Gasteiger partial charge is 0.494 e. The highest BCUT2D eigenvalue weighted by atomic mass is 16.5. The lowest BCUT2D eigenvalue weighted by atomic mass is 9.69. The third-order valence-electron chi connectivity index (χ3n) is 11.6. The molecule has 2 fully saturated rings. The number of Topliss-reactive ketones (excluding diaryl/α,β-unsaturated/α-hetero) is 1. The zero-order valence-corrected chi connectivity index (χ0v) is 37.4. The van der Waals surface area contributed by atoms with Crippen molar-refractivity contribution in [3.8, 4) is 23.3 Å². The van der Waals surface area contributed by atoms with Crippen molar-refractivity contribution >= 4 is 5.78 Å². The van der Waals surface area contributed by atoms with E-state index in [1.165, 1.54) is 0 Å². The average molecular weight is 821 g/mol. The second kappa shape index (κ2) is 20.8. The number of hydrogen-bond donors (Lipinski definition) is 0. The minimum atomic E-state index is -0.374. The topological polar surface area (TPSA) is 112 Å². The molecule has 0 saturated carbocycles. The average Bonchev–Trinajstić information content (AvgIpc) is 3.21. The molecule has 0 spiro atoms. The van der Waals surface area contributed by atoms with Crippen LogP contribution < -0.4 is 18.9 Å². The SMILES string of the molecule is CCOc1ccccc1CC(C(=O)C(Cc1ccccc1OCC)C1CCN(Cc2nccnc2OC(C)(C)C)CC1)C1CCN(Cc2nccnc2OC(C)(C)C)CC1. The van der Waals surface area contributed by atoms with Gasteiger partial charge >= 0.3 is 0 Å². The van der Waals surface area contributed by atoms with Crippen LogP contribution in [0.4, 0.5) is 0 Å². The van der Waals surface area contributed by atoms with E-state index < -0.39 is 0 Å². The van der Waals surface area contributed by atoms with E-state index in [0.717, 1.165) is 85.9 Å². The van der Waals surface area contributed by atoms with E-state index in [-0.39, 0.29) is 34.9 Å². The first-order chi connectivity index (χ1) is 28.8. The van der Waals surface area contributed by atoms with Crippen molar-refractivity contribution in [1.29, 1.82) is 0 Å². The summed E-state index contributed by atoms with van der Waals surface area (Å²) in [6.45, 7) is 22.2. The van der Waals surface area contributed by atoms with Crippen LogP contribution in [0.15, 0.2) is 73.3 Å². The maximum Gasteiger partial charge on any atom is 0.237 e. The van der Waals surface area contributed by atoms with Crippen LogP contribution in [0.3, 0.4) is 0 Å². The van der Waals surface area contributed by atoms with Gasteiger partial charge in [0.15, 0.2) is 0 Å². The first-order valence-electron chi connectivity index (χ1n) is 22.2. The van der Waals surface area contributed by atoms with Crippen LogP contribution in [-0.4, -0.2) is 86.1 Å². The summed E-state index contributed by atoms with van der Waals surface area (Å²) < 4.78 is 24.7. The molecule has 0 amide bonds. The van der Waals surface area contributed by atoms with E-state index in [9.17, 15) is 0 Å². The second-order valence-electron chi connectivity index (χ2n) is 18.4. The molecule has 0 radical (unpaired) electrons. The number of ether oxygens (including phenoxy) is 4. The van der Waals surface area contributed by atoms with E-state index >= 15 is 4.79 Å². The van der Waals surface area contributed by atoms with Crippen molar-refractivity contribution in [2.24, 2.45) is 23.7 Å². The second-order valence-corrected chi connectivity index (χ2v) is 18.4. The van der Waals surface area contributed by atoms with E-state index in [1.807, 2.05) is 79.7 Å². The van der Waals surface area contributed by atoms with E-state index in [4.69, 9.17) is 18.9 Å². The van der Waals surface area contributed by atoms with Gasteiger partial charge in [0.2, 0.25) is 11.8 Å². The number of nitrogens with zero attached hydrogens (tertiary/aromatic N) is 6. The predicted molar refractivity (Wildman–Crippen MR) is 235 cm³/mol. The molecule has 11 heteroatoms. The number of para-hydroxylation sites is 2. The number of ketones is 1. The molecule has 60 heavy (non-hydrogen) atoms. The molecule has 2 aromatic heterocycles. The first kappa shape index (κ1) is 44.9. The number of carbonyl (C=O) groups excluding carboxylic acids is 1. The van der Waals surface area contributed by atoms with Gasteiger partial charge in [0.1, 0.15) is 39.9 Å². The fraction of sp³-hybridized carbons (Fsp3) is 0.571. The Kier molecular flexibility index (Phi) is 15.6. The number of piperidine rings is 2. The Morgan fingerprint density at radius 1 is 0.600 bits per heavy atom. The Morgan fingerprint density at radius 3 is 1.33 bits per heavy atom. The molecule has 6 rings (SSSR count). The highest BCUT2D eigenvalue weighted by Crippen LogP contribution is 2.39. The fourth-order valence-electron chi connectivity index (χ4n) is 8.81. The summed E-state index contributed by atoms with van der Waals surface area (Å²) in [5.74, 6) is 3.40. The van der Waals surface area contributed by atoms with Gasteiger partial charge in [0.05, 0.1) is 13.2 Å². The van der Waals surface area contributed by atoms with Crippen LogP contribution in [0, 0.1) is 23.7 Å². The molecular formula is C49H68N6O5. The van der Waals surface area contributed by atoms with Gasteiger partial charge in [-0.15, -0.1) is 0 Å².